The molecular weight excluding hydrogens is 270 g/mol. The molecule has 0 aliphatic rings. The first-order valence-corrected chi connectivity index (χ1v) is 9.06. The summed E-state index contributed by atoms with van der Waals surface area (Å²) in [6.45, 7) is 2.35. The van der Waals surface area contributed by atoms with Gasteiger partial charge in [-0.25, -0.2) is 0 Å². The van der Waals surface area contributed by atoms with Crippen molar-refractivity contribution in [1.29, 1.82) is 0 Å². The maximum absolute atomic E-state index is 9.43. The van der Waals surface area contributed by atoms with Crippen LogP contribution < -0.4 is 0 Å². The standard InChI is InChI=1S/C20H33NO/c1-2-3-4-5-6-7-8-9-10-14-17-21-20(18-22)19-15-12-11-13-16-19/h11-13,15-17,20,22H,2-10,14,18H2,1H3/t20-/m1/s1. The molecule has 22 heavy (non-hydrogen) atoms. The van der Waals surface area contributed by atoms with Crippen LogP contribution in [0.5, 0.6) is 0 Å². The molecule has 0 saturated carbocycles. The summed E-state index contributed by atoms with van der Waals surface area (Å²) in [6.07, 6.45) is 15.2. The predicted molar refractivity (Wildman–Crippen MR) is 96.6 cm³/mol. The average molecular weight is 303 g/mol. The van der Waals surface area contributed by atoms with E-state index >= 15 is 0 Å². The van der Waals surface area contributed by atoms with E-state index in [2.05, 4.69) is 11.9 Å². The number of hydrogen-bond acceptors (Lipinski definition) is 2. The third-order valence-electron chi connectivity index (χ3n) is 4.08. The van der Waals surface area contributed by atoms with Crippen LogP contribution in [0.3, 0.4) is 0 Å². The Morgan fingerprint density at radius 3 is 2.09 bits per heavy atom. The fourth-order valence-corrected chi connectivity index (χ4v) is 2.66. The summed E-state index contributed by atoms with van der Waals surface area (Å²) in [5, 5.41) is 9.43. The van der Waals surface area contributed by atoms with Gasteiger partial charge in [0.2, 0.25) is 0 Å². The van der Waals surface area contributed by atoms with Crippen molar-refractivity contribution in [2.75, 3.05) is 6.61 Å². The van der Waals surface area contributed by atoms with Gasteiger partial charge in [-0.2, -0.15) is 0 Å². The molecule has 1 N–H and O–H groups in total. The Balaban J connectivity index is 2.03. The number of nitrogens with zero attached hydrogens (tertiary/aromatic N) is 1. The van der Waals surface area contributed by atoms with Crippen LogP contribution in [0.1, 0.15) is 82.7 Å². The molecular formula is C20H33NO. The summed E-state index contributed by atoms with van der Waals surface area (Å²) in [6, 6.07) is 9.93. The summed E-state index contributed by atoms with van der Waals surface area (Å²) in [5.41, 5.74) is 1.09. The Labute approximate surface area is 136 Å². The van der Waals surface area contributed by atoms with Gasteiger partial charge in [-0.15, -0.1) is 0 Å². The maximum Gasteiger partial charge on any atom is 0.0975 e. The van der Waals surface area contributed by atoms with Gasteiger partial charge in [0.15, 0.2) is 0 Å². The van der Waals surface area contributed by atoms with E-state index in [9.17, 15) is 5.11 Å². The number of rotatable bonds is 13. The van der Waals surface area contributed by atoms with Gasteiger partial charge in [-0.3, -0.25) is 4.99 Å². The molecule has 0 radical (unpaired) electrons. The predicted octanol–water partition coefficient (Wildman–Crippen LogP) is 5.71. The highest BCUT2D eigenvalue weighted by atomic mass is 16.3. The zero-order valence-corrected chi connectivity index (χ0v) is 14.2. The molecule has 2 nitrogen and oxygen atoms in total. The molecule has 1 aromatic rings. The van der Waals surface area contributed by atoms with E-state index < -0.39 is 0 Å². The van der Waals surface area contributed by atoms with E-state index in [0.717, 1.165) is 12.0 Å². The first kappa shape index (κ1) is 18.9. The Bertz CT molecular complexity index is 375. The first-order chi connectivity index (χ1) is 10.9. The van der Waals surface area contributed by atoms with Gasteiger partial charge in [0.1, 0.15) is 0 Å². The smallest absolute Gasteiger partial charge is 0.0975 e. The zero-order chi connectivity index (χ0) is 15.9. The fourth-order valence-electron chi connectivity index (χ4n) is 2.66. The molecule has 0 aliphatic carbocycles. The Morgan fingerprint density at radius 1 is 0.909 bits per heavy atom. The monoisotopic (exact) mass is 303 g/mol. The number of aliphatic hydroxyl groups excluding tert-OH is 1. The summed E-state index contributed by atoms with van der Waals surface area (Å²) in [4.78, 5) is 4.51. The van der Waals surface area contributed by atoms with Crippen molar-refractivity contribution in [3.05, 3.63) is 35.9 Å². The normalized spacial score (nSPS) is 12.8. The molecule has 0 aromatic heterocycles. The molecule has 124 valence electrons. The highest BCUT2D eigenvalue weighted by Gasteiger charge is 2.05. The Hall–Kier alpha value is -1.15. The Morgan fingerprint density at radius 2 is 1.50 bits per heavy atom. The molecule has 0 heterocycles. The van der Waals surface area contributed by atoms with Gasteiger partial charge in [-0.1, -0.05) is 88.6 Å². The second kappa shape index (κ2) is 13.5. The molecule has 0 aliphatic heterocycles. The molecule has 0 fully saturated rings. The number of hydrogen-bond donors (Lipinski definition) is 1. The summed E-state index contributed by atoms with van der Waals surface area (Å²) < 4.78 is 0. The minimum absolute atomic E-state index is 0.0816. The van der Waals surface area contributed by atoms with Crippen LogP contribution in [0.15, 0.2) is 35.3 Å². The second-order valence-electron chi connectivity index (χ2n) is 6.06. The average Bonchev–Trinajstić information content (AvgIpc) is 2.57. The molecule has 1 rings (SSSR count). The molecule has 2 heteroatoms. The Kier molecular flexibility index (Phi) is 11.6. The zero-order valence-electron chi connectivity index (χ0n) is 14.2. The van der Waals surface area contributed by atoms with Crippen molar-refractivity contribution < 1.29 is 5.11 Å². The van der Waals surface area contributed by atoms with E-state index in [1.807, 2.05) is 36.5 Å². The summed E-state index contributed by atoms with van der Waals surface area (Å²) >= 11 is 0. The van der Waals surface area contributed by atoms with Gasteiger partial charge in [0, 0.05) is 0 Å². The lowest BCUT2D eigenvalue weighted by Gasteiger charge is -2.08. The van der Waals surface area contributed by atoms with E-state index in [1.165, 1.54) is 57.8 Å². The lowest BCUT2D eigenvalue weighted by molar-refractivity contribution is 0.269. The number of aliphatic hydroxyl groups is 1. The number of aliphatic imine (C=N–C) groups is 1. The number of benzene rings is 1. The third kappa shape index (κ3) is 8.99. The van der Waals surface area contributed by atoms with E-state index in [-0.39, 0.29) is 12.6 Å². The van der Waals surface area contributed by atoms with Crippen molar-refractivity contribution in [2.24, 2.45) is 4.99 Å². The van der Waals surface area contributed by atoms with Crippen LogP contribution in [0.4, 0.5) is 0 Å². The minimum atomic E-state index is -0.0974. The van der Waals surface area contributed by atoms with Crippen LogP contribution in [0, 0.1) is 0 Å². The van der Waals surface area contributed by atoms with E-state index in [0.29, 0.717) is 0 Å². The second-order valence-corrected chi connectivity index (χ2v) is 6.06. The van der Waals surface area contributed by atoms with Crippen molar-refractivity contribution in [3.63, 3.8) is 0 Å². The van der Waals surface area contributed by atoms with Crippen molar-refractivity contribution in [3.8, 4) is 0 Å². The number of unbranched alkanes of at least 4 members (excludes halogenated alkanes) is 9. The lowest BCUT2D eigenvalue weighted by atomic mass is 10.1. The van der Waals surface area contributed by atoms with Crippen molar-refractivity contribution >= 4 is 6.21 Å². The lowest BCUT2D eigenvalue weighted by Crippen LogP contribution is -2.01. The van der Waals surface area contributed by atoms with Crippen molar-refractivity contribution in [1.82, 2.24) is 0 Å². The molecule has 0 unspecified atom stereocenters. The molecule has 0 amide bonds. The minimum Gasteiger partial charge on any atom is -0.394 e. The van der Waals surface area contributed by atoms with E-state index in [4.69, 9.17) is 0 Å². The van der Waals surface area contributed by atoms with Gasteiger partial charge in [0.25, 0.3) is 0 Å². The topological polar surface area (TPSA) is 32.6 Å². The largest absolute Gasteiger partial charge is 0.394 e. The maximum atomic E-state index is 9.43. The summed E-state index contributed by atoms with van der Waals surface area (Å²) in [5.74, 6) is 0. The van der Waals surface area contributed by atoms with E-state index in [1.54, 1.807) is 0 Å². The van der Waals surface area contributed by atoms with Gasteiger partial charge in [-0.05, 0) is 24.6 Å². The molecule has 0 saturated heterocycles. The molecule has 0 bridgehead atoms. The van der Waals surface area contributed by atoms with Crippen LogP contribution in [-0.2, 0) is 0 Å². The highest BCUT2D eigenvalue weighted by Crippen LogP contribution is 2.16. The van der Waals surface area contributed by atoms with Gasteiger partial charge < -0.3 is 5.11 Å². The molecule has 1 aromatic carbocycles. The quantitative estimate of drug-likeness (QED) is 0.367. The SMILES string of the molecule is CCCCCCCCCCCC=N[C@H](CO)c1ccccc1. The van der Waals surface area contributed by atoms with Crippen LogP contribution >= 0.6 is 0 Å². The summed E-state index contributed by atoms with van der Waals surface area (Å²) in [7, 11) is 0. The van der Waals surface area contributed by atoms with Crippen LogP contribution in [-0.4, -0.2) is 17.9 Å². The van der Waals surface area contributed by atoms with Crippen LogP contribution in [0.2, 0.25) is 0 Å². The highest BCUT2D eigenvalue weighted by molar-refractivity contribution is 5.57. The van der Waals surface area contributed by atoms with Gasteiger partial charge >= 0.3 is 0 Å². The van der Waals surface area contributed by atoms with Crippen LogP contribution in [0.25, 0.3) is 0 Å². The molecule has 1 atom stereocenters. The first-order valence-electron chi connectivity index (χ1n) is 9.06. The molecule has 0 spiro atoms. The fraction of sp³-hybridized carbons (Fsp3) is 0.650. The van der Waals surface area contributed by atoms with Gasteiger partial charge in [0.05, 0.1) is 12.6 Å². The van der Waals surface area contributed by atoms with Crippen molar-refractivity contribution in [2.45, 2.75) is 77.2 Å². The third-order valence-corrected chi connectivity index (χ3v) is 4.08.